The summed E-state index contributed by atoms with van der Waals surface area (Å²) in [6.45, 7) is 7.56. The Labute approximate surface area is 175 Å². The number of hydrogen-bond acceptors (Lipinski definition) is 7. The number of aryl methyl sites for hydroxylation is 1. The molecule has 8 nitrogen and oxygen atoms in total. The van der Waals surface area contributed by atoms with E-state index in [1.165, 1.54) is 12.8 Å². The smallest absolute Gasteiger partial charge is 0.269 e. The van der Waals surface area contributed by atoms with Crippen molar-refractivity contribution in [3.8, 4) is 0 Å². The molecule has 1 saturated heterocycles. The van der Waals surface area contributed by atoms with Gasteiger partial charge in [-0.25, -0.2) is 13.1 Å². The Balaban J connectivity index is 1.49. The van der Waals surface area contributed by atoms with Gasteiger partial charge >= 0.3 is 0 Å². The van der Waals surface area contributed by atoms with Crippen LogP contribution in [0.1, 0.15) is 42.1 Å². The van der Waals surface area contributed by atoms with E-state index in [1.54, 1.807) is 12.1 Å². The molecule has 158 valence electrons. The van der Waals surface area contributed by atoms with Crippen molar-refractivity contribution in [2.45, 2.75) is 37.4 Å². The topological polar surface area (TPSA) is 104 Å². The average molecular weight is 438 g/mol. The lowest BCUT2D eigenvalue weighted by Crippen LogP contribution is -2.36. The number of benzene rings is 1. The normalized spacial score (nSPS) is 17.9. The number of nitrogens with zero attached hydrogens (tertiary/aromatic N) is 3. The van der Waals surface area contributed by atoms with Crippen LogP contribution in [0.4, 0.5) is 5.13 Å². The molecule has 0 saturated carbocycles. The summed E-state index contributed by atoms with van der Waals surface area (Å²) >= 11 is 0.837. The van der Waals surface area contributed by atoms with E-state index in [-0.39, 0.29) is 15.4 Å². The molecule has 29 heavy (non-hydrogen) atoms. The third-order valence-electron chi connectivity index (χ3n) is 4.85. The van der Waals surface area contributed by atoms with Crippen LogP contribution in [-0.2, 0) is 10.0 Å². The van der Waals surface area contributed by atoms with Crippen LogP contribution in [0.15, 0.2) is 28.6 Å². The van der Waals surface area contributed by atoms with Gasteiger partial charge in [0, 0.05) is 18.7 Å². The van der Waals surface area contributed by atoms with Crippen LogP contribution in [0.3, 0.4) is 0 Å². The third-order valence-corrected chi connectivity index (χ3v) is 7.52. The van der Waals surface area contributed by atoms with E-state index in [9.17, 15) is 13.2 Å². The second-order valence-corrected chi connectivity index (χ2v) is 10.4. The first-order valence-electron chi connectivity index (χ1n) is 9.77. The SMILES string of the molecule is Cc1ccc(C(=O)Nc2nnc(S(=O)(=O)NCCCN3CCC[C@@H](C)C3)s2)cc1. The van der Waals surface area contributed by atoms with Gasteiger partial charge in [-0.15, -0.1) is 10.2 Å². The van der Waals surface area contributed by atoms with Crippen molar-refractivity contribution in [3.05, 3.63) is 35.4 Å². The van der Waals surface area contributed by atoms with Gasteiger partial charge in [0.2, 0.25) is 9.47 Å². The Kier molecular flexibility index (Phi) is 7.33. The standard InChI is InChI=1S/C19H27N5O3S2/c1-14-6-8-16(9-7-14)17(25)21-18-22-23-19(28-18)29(26,27)20-10-4-12-24-11-3-5-15(2)13-24/h6-9,15,20H,3-5,10-13H2,1-2H3,(H,21,22,25)/t15-/m1/s1. The maximum Gasteiger partial charge on any atom is 0.269 e. The van der Waals surface area contributed by atoms with Crippen LogP contribution in [-0.4, -0.2) is 55.6 Å². The lowest BCUT2D eigenvalue weighted by Gasteiger charge is -2.30. The molecule has 3 rings (SSSR count). The Morgan fingerprint density at radius 1 is 1.28 bits per heavy atom. The quantitative estimate of drug-likeness (QED) is 0.486. The third kappa shape index (κ3) is 6.30. The van der Waals surface area contributed by atoms with E-state index in [4.69, 9.17) is 0 Å². The van der Waals surface area contributed by atoms with E-state index >= 15 is 0 Å². The Morgan fingerprint density at radius 3 is 2.76 bits per heavy atom. The van der Waals surface area contributed by atoms with E-state index in [0.29, 0.717) is 18.0 Å². The van der Waals surface area contributed by atoms with Gasteiger partial charge in [0.15, 0.2) is 0 Å². The van der Waals surface area contributed by atoms with Gasteiger partial charge in [-0.05, 0) is 57.3 Å². The molecule has 2 heterocycles. The van der Waals surface area contributed by atoms with Crippen LogP contribution in [0.5, 0.6) is 0 Å². The summed E-state index contributed by atoms with van der Waals surface area (Å²) in [7, 11) is -3.73. The van der Waals surface area contributed by atoms with Gasteiger partial charge in [0.05, 0.1) is 0 Å². The molecule has 1 atom stereocenters. The Morgan fingerprint density at radius 2 is 2.03 bits per heavy atom. The van der Waals surface area contributed by atoms with E-state index < -0.39 is 10.0 Å². The van der Waals surface area contributed by atoms with Crippen molar-refractivity contribution in [1.29, 1.82) is 0 Å². The van der Waals surface area contributed by atoms with Gasteiger partial charge < -0.3 is 4.90 Å². The number of aromatic nitrogens is 2. The average Bonchev–Trinajstić information content (AvgIpc) is 3.15. The maximum atomic E-state index is 12.4. The molecule has 0 spiro atoms. The number of likely N-dealkylation sites (tertiary alicyclic amines) is 1. The molecular formula is C19H27N5O3S2. The molecule has 1 aromatic heterocycles. The van der Waals surface area contributed by atoms with Crippen LogP contribution >= 0.6 is 11.3 Å². The zero-order valence-electron chi connectivity index (χ0n) is 16.7. The van der Waals surface area contributed by atoms with Crippen LogP contribution < -0.4 is 10.0 Å². The summed E-state index contributed by atoms with van der Waals surface area (Å²) in [4.78, 5) is 14.6. The second kappa shape index (κ2) is 9.75. The molecule has 0 radical (unpaired) electrons. The zero-order chi connectivity index (χ0) is 20.9. The summed E-state index contributed by atoms with van der Waals surface area (Å²) in [6, 6.07) is 7.07. The fraction of sp³-hybridized carbons (Fsp3) is 0.526. The molecule has 0 unspecified atom stereocenters. The van der Waals surface area contributed by atoms with Crippen molar-refractivity contribution in [2.24, 2.45) is 5.92 Å². The highest BCUT2D eigenvalue weighted by molar-refractivity contribution is 7.91. The summed E-state index contributed by atoms with van der Waals surface area (Å²) in [5, 5.41) is 10.2. The number of hydrogen-bond donors (Lipinski definition) is 2. The predicted molar refractivity (Wildman–Crippen MR) is 114 cm³/mol. The number of sulfonamides is 1. The second-order valence-electron chi connectivity index (χ2n) is 7.49. The van der Waals surface area contributed by atoms with Gasteiger partial charge in [0.25, 0.3) is 15.9 Å². The van der Waals surface area contributed by atoms with Gasteiger partial charge in [-0.3, -0.25) is 10.1 Å². The summed E-state index contributed by atoms with van der Waals surface area (Å²) < 4.78 is 27.2. The van der Waals surface area contributed by atoms with Crippen molar-refractivity contribution in [1.82, 2.24) is 19.8 Å². The van der Waals surface area contributed by atoms with Crippen molar-refractivity contribution >= 4 is 32.4 Å². The largest absolute Gasteiger partial charge is 0.303 e. The monoisotopic (exact) mass is 437 g/mol. The zero-order valence-corrected chi connectivity index (χ0v) is 18.4. The number of piperidine rings is 1. The highest BCUT2D eigenvalue weighted by atomic mass is 32.2. The molecule has 1 amide bonds. The summed E-state index contributed by atoms with van der Waals surface area (Å²) in [6.07, 6.45) is 3.21. The first-order valence-corrected chi connectivity index (χ1v) is 12.1. The number of carbonyl (C=O) groups is 1. The molecule has 1 aliphatic heterocycles. The fourth-order valence-electron chi connectivity index (χ4n) is 3.30. The van der Waals surface area contributed by atoms with Gasteiger partial charge in [-0.1, -0.05) is 36.0 Å². The number of amides is 1. The predicted octanol–water partition coefficient (Wildman–Crippen LogP) is 2.50. The Bertz CT molecular complexity index is 928. The van der Waals surface area contributed by atoms with Crippen molar-refractivity contribution in [3.63, 3.8) is 0 Å². The highest BCUT2D eigenvalue weighted by Crippen LogP contribution is 2.20. The van der Waals surface area contributed by atoms with Crippen LogP contribution in [0, 0.1) is 12.8 Å². The lowest BCUT2D eigenvalue weighted by molar-refractivity contribution is 0.102. The molecule has 2 N–H and O–H groups in total. The van der Waals surface area contributed by atoms with Crippen LogP contribution in [0.25, 0.3) is 0 Å². The van der Waals surface area contributed by atoms with Gasteiger partial charge in [0.1, 0.15) is 0 Å². The maximum absolute atomic E-state index is 12.4. The number of nitrogens with one attached hydrogen (secondary N) is 2. The first-order chi connectivity index (χ1) is 13.8. The van der Waals surface area contributed by atoms with Crippen molar-refractivity contribution in [2.75, 3.05) is 31.5 Å². The van der Waals surface area contributed by atoms with Crippen LogP contribution in [0.2, 0.25) is 0 Å². The number of rotatable bonds is 8. The summed E-state index contributed by atoms with van der Waals surface area (Å²) in [5.41, 5.74) is 1.52. The highest BCUT2D eigenvalue weighted by Gasteiger charge is 2.21. The number of anilines is 1. The lowest BCUT2D eigenvalue weighted by atomic mass is 10.0. The van der Waals surface area contributed by atoms with E-state index in [1.807, 2.05) is 19.1 Å². The molecule has 1 fully saturated rings. The first kappa shape index (κ1) is 21.8. The minimum atomic E-state index is -3.73. The minimum absolute atomic E-state index is 0.150. The van der Waals surface area contributed by atoms with Gasteiger partial charge in [-0.2, -0.15) is 0 Å². The fourth-order valence-corrected chi connectivity index (χ4v) is 5.31. The van der Waals surface area contributed by atoms with E-state index in [2.05, 4.69) is 32.1 Å². The molecule has 10 heteroatoms. The summed E-state index contributed by atoms with van der Waals surface area (Å²) in [5.74, 6) is 0.351. The number of carbonyl (C=O) groups excluding carboxylic acids is 1. The molecular weight excluding hydrogens is 410 g/mol. The molecule has 1 aromatic carbocycles. The molecule has 0 aliphatic carbocycles. The molecule has 2 aromatic rings. The molecule has 1 aliphatic rings. The van der Waals surface area contributed by atoms with Crippen molar-refractivity contribution < 1.29 is 13.2 Å². The molecule has 0 bridgehead atoms. The van der Waals surface area contributed by atoms with E-state index in [0.717, 1.165) is 43.0 Å². The Hall–Kier alpha value is -1.88. The minimum Gasteiger partial charge on any atom is -0.303 e.